The molecule has 1 unspecified atom stereocenters. The number of aromatic nitrogens is 2. The van der Waals surface area contributed by atoms with Gasteiger partial charge < -0.3 is 4.42 Å². The van der Waals surface area contributed by atoms with Crippen molar-refractivity contribution in [1.82, 2.24) is 9.13 Å². The van der Waals surface area contributed by atoms with Crippen LogP contribution in [-0.4, -0.2) is 9.13 Å². The molecule has 0 aliphatic carbocycles. The van der Waals surface area contributed by atoms with Gasteiger partial charge in [-0.05, 0) is 45.8 Å². The first kappa shape index (κ1) is 15.1. The minimum Gasteiger partial charge on any atom is -0.453 e. The molecule has 0 amide bonds. The van der Waals surface area contributed by atoms with Crippen molar-refractivity contribution in [2.45, 2.75) is 4.83 Å². The van der Waals surface area contributed by atoms with Crippen LogP contribution >= 0.6 is 47.8 Å². The number of halogens is 3. The summed E-state index contributed by atoms with van der Waals surface area (Å²) in [5.41, 5.74) is 2.74. The molecule has 3 rings (SSSR count). The fourth-order valence-corrected chi connectivity index (χ4v) is 4.16. The van der Waals surface area contributed by atoms with E-state index < -0.39 is 0 Å². The Morgan fingerprint density at radius 2 is 1.71 bits per heavy atom. The lowest BCUT2D eigenvalue weighted by atomic mass is 10.1. The summed E-state index contributed by atoms with van der Waals surface area (Å²) >= 11 is 10.5. The van der Waals surface area contributed by atoms with E-state index in [0.29, 0.717) is 4.67 Å². The number of imidazole rings is 1. The van der Waals surface area contributed by atoms with Gasteiger partial charge in [-0.15, -0.1) is 0 Å². The number of benzene rings is 1. The summed E-state index contributed by atoms with van der Waals surface area (Å²) < 4.78 is 10.5. The topological polar surface area (TPSA) is 40.1 Å². The van der Waals surface area contributed by atoms with E-state index in [1.165, 1.54) is 0 Å². The molecule has 0 N–H and O–H groups in total. The quantitative estimate of drug-likeness (QED) is 0.509. The average Bonchev–Trinajstić information content (AvgIpc) is 2.97. The molecule has 2 aromatic heterocycles. The Kier molecular flexibility index (Phi) is 3.92. The third-order valence-corrected chi connectivity index (χ3v) is 5.56. The van der Waals surface area contributed by atoms with Crippen molar-refractivity contribution in [3.63, 3.8) is 0 Å². The molecule has 0 saturated heterocycles. The van der Waals surface area contributed by atoms with Crippen LogP contribution in [0.15, 0.2) is 42.6 Å². The van der Waals surface area contributed by atoms with Crippen LogP contribution in [0, 0.1) is 0 Å². The van der Waals surface area contributed by atoms with Gasteiger partial charge >= 0.3 is 5.69 Å². The fourth-order valence-electron chi connectivity index (χ4n) is 2.35. The minimum absolute atomic E-state index is 0.0408. The Morgan fingerprint density at radius 1 is 1.10 bits per heavy atom. The summed E-state index contributed by atoms with van der Waals surface area (Å²) in [7, 11) is 3.54. The van der Waals surface area contributed by atoms with Crippen molar-refractivity contribution < 1.29 is 4.42 Å². The second-order valence-corrected chi connectivity index (χ2v) is 7.32. The lowest BCUT2D eigenvalue weighted by molar-refractivity contribution is 0.497. The maximum Gasteiger partial charge on any atom is 0.328 e. The largest absolute Gasteiger partial charge is 0.453 e. The molecule has 7 heteroatoms. The molecule has 0 aliphatic heterocycles. The Morgan fingerprint density at radius 3 is 2.29 bits per heavy atom. The summed E-state index contributed by atoms with van der Waals surface area (Å²) in [6, 6.07) is 7.72. The van der Waals surface area contributed by atoms with E-state index in [2.05, 4.69) is 47.8 Å². The monoisotopic (exact) mass is 476 g/mol. The van der Waals surface area contributed by atoms with Crippen LogP contribution in [0.4, 0.5) is 0 Å². The van der Waals surface area contributed by atoms with Gasteiger partial charge in [-0.3, -0.25) is 9.13 Å². The summed E-state index contributed by atoms with van der Waals surface area (Å²) in [6.07, 6.45) is 0. The molecular formula is C14H11Br3N2O2. The van der Waals surface area contributed by atoms with Gasteiger partial charge in [-0.2, -0.15) is 0 Å². The summed E-state index contributed by atoms with van der Waals surface area (Å²) in [5, 5.41) is 0. The SMILES string of the molecule is Cn1c(=O)n(C)c2cc(C(Br)c3ccc(Br)o3)c(Br)cc21. The van der Waals surface area contributed by atoms with Crippen molar-refractivity contribution in [3.8, 4) is 0 Å². The van der Waals surface area contributed by atoms with Crippen LogP contribution in [-0.2, 0) is 14.1 Å². The van der Waals surface area contributed by atoms with E-state index in [-0.39, 0.29) is 10.5 Å². The summed E-state index contributed by atoms with van der Waals surface area (Å²) in [5.74, 6) is 0.794. The highest BCUT2D eigenvalue weighted by Crippen LogP contribution is 2.38. The van der Waals surface area contributed by atoms with Crippen LogP contribution in [0.2, 0.25) is 0 Å². The number of fused-ring (bicyclic) bond motifs is 1. The number of hydrogen-bond acceptors (Lipinski definition) is 2. The molecule has 2 heterocycles. The van der Waals surface area contributed by atoms with Gasteiger partial charge in [-0.25, -0.2) is 4.79 Å². The molecule has 0 saturated carbocycles. The van der Waals surface area contributed by atoms with Crippen molar-refractivity contribution in [1.29, 1.82) is 0 Å². The van der Waals surface area contributed by atoms with Gasteiger partial charge in [0.2, 0.25) is 0 Å². The van der Waals surface area contributed by atoms with Gasteiger partial charge in [0.05, 0.1) is 15.9 Å². The van der Waals surface area contributed by atoms with Gasteiger partial charge in [0.25, 0.3) is 0 Å². The second-order valence-electron chi connectivity index (χ2n) is 4.77. The first-order valence-electron chi connectivity index (χ1n) is 6.14. The maximum atomic E-state index is 12.0. The number of alkyl halides is 1. The summed E-state index contributed by atoms with van der Waals surface area (Å²) in [4.78, 5) is 11.9. The first-order chi connectivity index (χ1) is 9.90. The van der Waals surface area contributed by atoms with Gasteiger partial charge in [0.15, 0.2) is 4.67 Å². The van der Waals surface area contributed by atoms with E-state index in [1.807, 2.05) is 24.3 Å². The van der Waals surface area contributed by atoms with E-state index in [9.17, 15) is 4.79 Å². The smallest absolute Gasteiger partial charge is 0.328 e. The zero-order chi connectivity index (χ0) is 15.3. The molecule has 0 fully saturated rings. The Balaban J connectivity index is 2.21. The van der Waals surface area contributed by atoms with Crippen LogP contribution in [0.3, 0.4) is 0 Å². The zero-order valence-electron chi connectivity index (χ0n) is 11.2. The lowest BCUT2D eigenvalue weighted by Gasteiger charge is -2.11. The molecule has 0 radical (unpaired) electrons. The van der Waals surface area contributed by atoms with Crippen molar-refractivity contribution in [2.24, 2.45) is 14.1 Å². The molecule has 110 valence electrons. The van der Waals surface area contributed by atoms with Crippen LogP contribution in [0.25, 0.3) is 11.0 Å². The highest BCUT2D eigenvalue weighted by molar-refractivity contribution is 9.11. The second kappa shape index (κ2) is 5.44. The van der Waals surface area contributed by atoms with Gasteiger partial charge in [0, 0.05) is 18.6 Å². The Bertz CT molecular complexity index is 892. The number of hydrogen-bond donors (Lipinski definition) is 0. The molecule has 0 spiro atoms. The van der Waals surface area contributed by atoms with Gasteiger partial charge in [-0.1, -0.05) is 31.9 Å². The molecule has 0 aliphatic rings. The van der Waals surface area contributed by atoms with E-state index in [4.69, 9.17) is 4.42 Å². The van der Waals surface area contributed by atoms with Gasteiger partial charge in [0.1, 0.15) is 5.76 Å². The minimum atomic E-state index is -0.0992. The molecule has 0 bridgehead atoms. The standard InChI is InChI=1S/C14H11Br3N2O2/c1-18-9-5-7(13(17)11-3-4-12(16)21-11)8(15)6-10(9)19(2)14(18)20/h3-6,13H,1-2H3. The predicted molar refractivity (Wildman–Crippen MR) is 93.0 cm³/mol. The predicted octanol–water partition coefficient (Wildman–Crippen LogP) is 4.48. The molecule has 21 heavy (non-hydrogen) atoms. The number of rotatable bonds is 2. The van der Waals surface area contributed by atoms with Crippen molar-refractivity contribution in [3.05, 3.63) is 55.2 Å². The third kappa shape index (κ3) is 2.45. The van der Waals surface area contributed by atoms with Crippen LogP contribution in [0.1, 0.15) is 16.2 Å². The number of nitrogens with zero attached hydrogens (tertiary/aromatic N) is 2. The normalized spacial score (nSPS) is 13.0. The third-order valence-electron chi connectivity index (χ3n) is 3.51. The van der Waals surface area contributed by atoms with E-state index in [0.717, 1.165) is 26.8 Å². The maximum absolute atomic E-state index is 12.0. The lowest BCUT2D eigenvalue weighted by Crippen LogP contribution is -2.19. The first-order valence-corrected chi connectivity index (χ1v) is 8.64. The fraction of sp³-hybridized carbons (Fsp3) is 0.214. The Labute approximate surface area is 146 Å². The number of furan rings is 1. The molecule has 1 aromatic carbocycles. The molecule has 3 aromatic rings. The average molecular weight is 479 g/mol. The summed E-state index contributed by atoms with van der Waals surface area (Å²) in [6.45, 7) is 0. The Hall–Kier alpha value is -0.790. The highest BCUT2D eigenvalue weighted by Gasteiger charge is 2.20. The van der Waals surface area contributed by atoms with E-state index >= 15 is 0 Å². The zero-order valence-corrected chi connectivity index (χ0v) is 16.0. The van der Waals surface area contributed by atoms with Crippen LogP contribution < -0.4 is 5.69 Å². The van der Waals surface area contributed by atoms with Crippen molar-refractivity contribution >= 4 is 58.8 Å². The van der Waals surface area contributed by atoms with Crippen molar-refractivity contribution in [2.75, 3.05) is 0 Å². The molecule has 1 atom stereocenters. The van der Waals surface area contributed by atoms with Crippen LogP contribution in [0.5, 0.6) is 0 Å². The molecular weight excluding hydrogens is 468 g/mol. The number of aryl methyl sites for hydroxylation is 2. The highest BCUT2D eigenvalue weighted by atomic mass is 79.9. The van der Waals surface area contributed by atoms with E-state index in [1.54, 1.807) is 23.2 Å². The molecule has 4 nitrogen and oxygen atoms in total.